The monoisotopic (exact) mass is 216 g/mol. The van der Waals surface area contributed by atoms with Crippen LogP contribution in [0.4, 0.5) is 0 Å². The van der Waals surface area contributed by atoms with Gasteiger partial charge in [-0.05, 0) is 34.1 Å². The molecule has 0 rings (SSSR count). The summed E-state index contributed by atoms with van der Waals surface area (Å²) in [6, 6.07) is 0. The number of Topliss-reactive ketones (excluding diaryl/α,β-unsaturated/α-hetero) is 1. The molecule has 90 valence electrons. The van der Waals surface area contributed by atoms with Crippen molar-refractivity contribution in [3.63, 3.8) is 0 Å². The quantitative estimate of drug-likeness (QED) is 0.710. The first kappa shape index (κ1) is 14.6. The average molecular weight is 216 g/mol. The van der Waals surface area contributed by atoms with E-state index in [4.69, 9.17) is 4.74 Å². The molecule has 1 atom stereocenters. The van der Waals surface area contributed by atoms with Crippen molar-refractivity contribution in [2.75, 3.05) is 0 Å². The maximum absolute atomic E-state index is 11.8. The predicted octanol–water partition coefficient (Wildman–Crippen LogP) is 2.31. The van der Waals surface area contributed by atoms with Gasteiger partial charge in [0.1, 0.15) is 11.7 Å². The number of ketones is 1. The van der Waals surface area contributed by atoms with Gasteiger partial charge in [-0.25, -0.2) is 0 Å². The van der Waals surface area contributed by atoms with Crippen molar-refractivity contribution in [3.8, 4) is 0 Å². The molecule has 0 aliphatic heterocycles. The molecular formula is C12H24O3. The Morgan fingerprint density at radius 3 is 2.33 bits per heavy atom. The van der Waals surface area contributed by atoms with Gasteiger partial charge in [0, 0.05) is 0 Å². The molecule has 3 heteroatoms. The number of unbranched alkanes of at least 4 members (excludes halogenated alkanes) is 1. The lowest BCUT2D eigenvalue weighted by atomic mass is 9.95. The summed E-state index contributed by atoms with van der Waals surface area (Å²) in [5.74, 6) is -0.218. The molecule has 0 saturated carbocycles. The lowest BCUT2D eigenvalue weighted by Crippen LogP contribution is -2.43. The fourth-order valence-corrected chi connectivity index (χ4v) is 1.58. The number of hydrogen-bond acceptors (Lipinski definition) is 3. The molecule has 0 amide bonds. The zero-order valence-corrected chi connectivity index (χ0v) is 10.5. The van der Waals surface area contributed by atoms with Crippen LogP contribution in [0, 0.1) is 0 Å². The minimum atomic E-state index is -0.890. The van der Waals surface area contributed by atoms with Crippen LogP contribution >= 0.6 is 0 Å². The Hall–Kier alpha value is -0.410. The highest BCUT2D eigenvalue weighted by molar-refractivity contribution is 5.90. The molecule has 0 saturated heterocycles. The fraction of sp³-hybridized carbons (Fsp3) is 0.917. The molecule has 0 bridgehead atoms. The molecule has 0 spiro atoms. The van der Waals surface area contributed by atoms with Gasteiger partial charge in [-0.1, -0.05) is 19.8 Å². The Labute approximate surface area is 92.8 Å². The average Bonchev–Trinajstić information content (AvgIpc) is 2.10. The van der Waals surface area contributed by atoms with E-state index in [0.717, 1.165) is 12.8 Å². The minimum absolute atomic E-state index is 0.0117. The van der Waals surface area contributed by atoms with Crippen LogP contribution in [0.3, 0.4) is 0 Å². The van der Waals surface area contributed by atoms with E-state index in [2.05, 4.69) is 0 Å². The third-order valence-electron chi connectivity index (χ3n) is 2.26. The van der Waals surface area contributed by atoms with Crippen LogP contribution in [-0.4, -0.2) is 28.7 Å². The molecule has 0 aliphatic carbocycles. The van der Waals surface area contributed by atoms with Crippen LogP contribution in [0.5, 0.6) is 0 Å². The first-order chi connectivity index (χ1) is 6.81. The van der Waals surface area contributed by atoms with Crippen LogP contribution in [0.2, 0.25) is 0 Å². The van der Waals surface area contributed by atoms with Gasteiger partial charge in [0.05, 0.1) is 6.10 Å². The number of rotatable bonds is 7. The minimum Gasteiger partial charge on any atom is -0.385 e. The molecule has 0 aromatic heterocycles. The van der Waals surface area contributed by atoms with E-state index in [1.165, 1.54) is 0 Å². The van der Waals surface area contributed by atoms with Gasteiger partial charge in [0.15, 0.2) is 5.78 Å². The fourth-order valence-electron chi connectivity index (χ4n) is 1.58. The number of hydrogen-bond donors (Lipinski definition) is 1. The highest BCUT2D eigenvalue weighted by Crippen LogP contribution is 2.17. The summed E-state index contributed by atoms with van der Waals surface area (Å²) >= 11 is 0. The Morgan fingerprint density at radius 1 is 1.40 bits per heavy atom. The molecule has 3 nitrogen and oxygen atoms in total. The van der Waals surface area contributed by atoms with E-state index >= 15 is 0 Å². The summed E-state index contributed by atoms with van der Waals surface area (Å²) in [5, 5.41) is 9.67. The predicted molar refractivity (Wildman–Crippen MR) is 60.8 cm³/mol. The summed E-state index contributed by atoms with van der Waals surface area (Å²) < 4.78 is 5.49. The third-order valence-corrected chi connectivity index (χ3v) is 2.26. The van der Waals surface area contributed by atoms with Crippen molar-refractivity contribution in [3.05, 3.63) is 0 Å². The second-order valence-electron chi connectivity index (χ2n) is 4.70. The van der Waals surface area contributed by atoms with E-state index in [9.17, 15) is 9.90 Å². The van der Waals surface area contributed by atoms with Gasteiger partial charge in [-0.15, -0.1) is 0 Å². The third kappa shape index (κ3) is 5.28. The van der Waals surface area contributed by atoms with Crippen LogP contribution in [0.1, 0.15) is 53.9 Å². The van der Waals surface area contributed by atoms with Crippen LogP contribution in [-0.2, 0) is 9.53 Å². The van der Waals surface area contributed by atoms with Gasteiger partial charge in [-0.3, -0.25) is 4.79 Å². The normalized spacial score (nSPS) is 14.3. The highest BCUT2D eigenvalue weighted by Gasteiger charge is 2.33. The standard InChI is InChI=1S/C12H24O3/c1-6-7-8-10(13)11(14)12(4,5)15-9(2)3/h9-10,13H,6-8H2,1-5H3. The Morgan fingerprint density at radius 2 is 1.93 bits per heavy atom. The van der Waals surface area contributed by atoms with Gasteiger partial charge < -0.3 is 9.84 Å². The van der Waals surface area contributed by atoms with E-state index in [1.54, 1.807) is 13.8 Å². The zero-order chi connectivity index (χ0) is 12.1. The maximum Gasteiger partial charge on any atom is 0.192 e. The molecule has 0 radical (unpaired) electrons. The van der Waals surface area contributed by atoms with Gasteiger partial charge in [0.25, 0.3) is 0 Å². The van der Waals surface area contributed by atoms with E-state index < -0.39 is 11.7 Å². The smallest absolute Gasteiger partial charge is 0.192 e. The van der Waals surface area contributed by atoms with E-state index in [-0.39, 0.29) is 11.9 Å². The van der Waals surface area contributed by atoms with Gasteiger partial charge in [-0.2, -0.15) is 0 Å². The molecular weight excluding hydrogens is 192 g/mol. The largest absolute Gasteiger partial charge is 0.385 e. The van der Waals surface area contributed by atoms with Crippen molar-refractivity contribution < 1.29 is 14.6 Å². The summed E-state index contributed by atoms with van der Waals surface area (Å²) in [4.78, 5) is 11.8. The summed E-state index contributed by atoms with van der Waals surface area (Å²) in [6.07, 6.45) is 1.47. The van der Waals surface area contributed by atoms with Crippen LogP contribution < -0.4 is 0 Å². The van der Waals surface area contributed by atoms with Crippen LogP contribution in [0.15, 0.2) is 0 Å². The van der Waals surface area contributed by atoms with E-state index in [1.807, 2.05) is 20.8 Å². The maximum atomic E-state index is 11.8. The van der Waals surface area contributed by atoms with Crippen molar-refractivity contribution in [1.82, 2.24) is 0 Å². The summed E-state index contributed by atoms with van der Waals surface area (Å²) in [6.45, 7) is 9.23. The van der Waals surface area contributed by atoms with Crippen molar-refractivity contribution in [2.45, 2.75) is 71.7 Å². The molecule has 1 N–H and O–H groups in total. The molecule has 1 unspecified atom stereocenters. The van der Waals surface area contributed by atoms with Crippen molar-refractivity contribution in [1.29, 1.82) is 0 Å². The number of carbonyl (C=O) groups is 1. The topological polar surface area (TPSA) is 46.5 Å². The first-order valence-corrected chi connectivity index (χ1v) is 5.71. The molecule has 15 heavy (non-hydrogen) atoms. The van der Waals surface area contributed by atoms with Crippen molar-refractivity contribution >= 4 is 5.78 Å². The summed E-state index contributed by atoms with van der Waals surface area (Å²) in [7, 11) is 0. The highest BCUT2D eigenvalue weighted by atomic mass is 16.5. The number of ether oxygens (including phenoxy) is 1. The molecule has 0 heterocycles. The van der Waals surface area contributed by atoms with Crippen LogP contribution in [0.25, 0.3) is 0 Å². The lowest BCUT2D eigenvalue weighted by Gasteiger charge is -2.28. The zero-order valence-electron chi connectivity index (χ0n) is 10.5. The Balaban J connectivity index is 4.27. The number of aliphatic hydroxyl groups is 1. The molecule has 0 aliphatic rings. The Bertz CT molecular complexity index is 197. The summed E-state index contributed by atoms with van der Waals surface area (Å²) in [5.41, 5.74) is -0.888. The van der Waals surface area contributed by atoms with E-state index in [0.29, 0.717) is 6.42 Å². The SMILES string of the molecule is CCCCC(O)C(=O)C(C)(C)OC(C)C. The van der Waals surface area contributed by atoms with Crippen molar-refractivity contribution in [2.24, 2.45) is 0 Å². The molecule has 0 aromatic carbocycles. The molecule has 0 aromatic rings. The lowest BCUT2D eigenvalue weighted by molar-refractivity contribution is -0.154. The Kier molecular flexibility index (Phi) is 6.06. The number of aliphatic hydroxyl groups excluding tert-OH is 1. The number of carbonyl (C=O) groups excluding carboxylic acids is 1. The second-order valence-corrected chi connectivity index (χ2v) is 4.70. The second kappa shape index (κ2) is 6.23. The molecule has 0 fully saturated rings. The van der Waals surface area contributed by atoms with Gasteiger partial charge >= 0.3 is 0 Å². The van der Waals surface area contributed by atoms with Gasteiger partial charge in [0.2, 0.25) is 0 Å². The first-order valence-electron chi connectivity index (χ1n) is 5.71.